The van der Waals surface area contributed by atoms with Crippen LogP contribution in [-0.2, 0) is 14.3 Å². The first-order valence-corrected chi connectivity index (χ1v) is 9.93. The molecule has 0 aliphatic carbocycles. The number of ketones is 1. The molecule has 0 saturated heterocycles. The number of cyclic esters (lactones) is 1. The van der Waals surface area contributed by atoms with Gasteiger partial charge in [0.25, 0.3) is 0 Å². The van der Waals surface area contributed by atoms with Crippen LogP contribution in [0.1, 0.15) is 19.8 Å². The predicted molar refractivity (Wildman–Crippen MR) is 78.1 cm³/mol. The Labute approximate surface area is 115 Å². The van der Waals surface area contributed by atoms with Crippen LogP contribution in [0.3, 0.4) is 0 Å². The highest BCUT2D eigenvalue weighted by atomic mass is 28.3. The molecule has 4 heteroatoms. The third-order valence-electron chi connectivity index (χ3n) is 2.40. The zero-order valence-corrected chi connectivity index (χ0v) is 12.9. The lowest BCUT2D eigenvalue weighted by molar-refractivity contribution is -0.139. The zero-order valence-electron chi connectivity index (χ0n) is 11.9. The number of hydrogen-bond acceptors (Lipinski definition) is 3. The molecule has 0 aromatic heterocycles. The number of allylic oxidation sites excluding steroid dienone is 2. The molecule has 0 aromatic carbocycles. The first-order valence-electron chi connectivity index (χ1n) is 6.43. The lowest BCUT2D eigenvalue weighted by Gasteiger charge is -2.02. The smallest absolute Gasteiger partial charge is 0.334 e. The van der Waals surface area contributed by atoms with Gasteiger partial charge in [-0.3, -0.25) is 4.79 Å². The fourth-order valence-electron chi connectivity index (χ4n) is 1.54. The SMILES string of the molecule is C[C@@H]1C=C(CC/C=C/C(=O)C#C[Si](C)(C)C)C(=O)O1. The minimum Gasteiger partial charge on any atom is -0.455 e. The van der Waals surface area contributed by atoms with Crippen LogP contribution in [0.5, 0.6) is 0 Å². The van der Waals surface area contributed by atoms with E-state index >= 15 is 0 Å². The van der Waals surface area contributed by atoms with E-state index in [4.69, 9.17) is 4.74 Å². The van der Waals surface area contributed by atoms with Gasteiger partial charge in [0.15, 0.2) is 0 Å². The first kappa shape index (κ1) is 15.5. The number of carbonyl (C=O) groups excluding carboxylic acids is 2. The molecule has 1 heterocycles. The molecule has 0 spiro atoms. The maximum absolute atomic E-state index is 11.5. The van der Waals surface area contributed by atoms with E-state index in [0.717, 1.165) is 0 Å². The number of hydrogen-bond donors (Lipinski definition) is 0. The van der Waals surface area contributed by atoms with Gasteiger partial charge in [-0.15, -0.1) is 5.54 Å². The Kier molecular flexibility index (Phi) is 5.31. The fourth-order valence-corrected chi connectivity index (χ4v) is 2.03. The second kappa shape index (κ2) is 6.53. The summed E-state index contributed by atoms with van der Waals surface area (Å²) in [5, 5.41) is 0. The van der Waals surface area contributed by atoms with Gasteiger partial charge >= 0.3 is 5.97 Å². The molecule has 1 aliphatic heterocycles. The average molecular weight is 276 g/mol. The second-order valence-electron chi connectivity index (χ2n) is 5.61. The van der Waals surface area contributed by atoms with Crippen molar-refractivity contribution in [3.05, 3.63) is 23.8 Å². The average Bonchev–Trinajstić information content (AvgIpc) is 2.60. The Morgan fingerprint density at radius 1 is 1.47 bits per heavy atom. The van der Waals surface area contributed by atoms with Gasteiger partial charge in [0, 0.05) is 5.57 Å². The normalized spacial score (nSPS) is 18.8. The maximum atomic E-state index is 11.5. The molecule has 0 N–H and O–H groups in total. The summed E-state index contributed by atoms with van der Waals surface area (Å²) in [5.74, 6) is 2.23. The van der Waals surface area contributed by atoms with Crippen LogP contribution in [0.2, 0.25) is 19.6 Å². The highest BCUT2D eigenvalue weighted by molar-refractivity contribution is 6.84. The van der Waals surface area contributed by atoms with E-state index < -0.39 is 8.07 Å². The van der Waals surface area contributed by atoms with Gasteiger partial charge in [0.2, 0.25) is 5.78 Å². The quantitative estimate of drug-likeness (QED) is 0.343. The van der Waals surface area contributed by atoms with Crippen LogP contribution in [0.25, 0.3) is 0 Å². The van der Waals surface area contributed by atoms with Gasteiger partial charge in [-0.1, -0.05) is 25.7 Å². The molecule has 1 atom stereocenters. The lowest BCUT2D eigenvalue weighted by atomic mass is 10.1. The van der Waals surface area contributed by atoms with Crippen molar-refractivity contribution in [2.24, 2.45) is 0 Å². The zero-order chi connectivity index (χ0) is 14.5. The Hall–Kier alpha value is -1.60. The highest BCUT2D eigenvalue weighted by Crippen LogP contribution is 2.17. The summed E-state index contributed by atoms with van der Waals surface area (Å²) in [6.45, 7) is 8.11. The van der Waals surface area contributed by atoms with E-state index in [0.29, 0.717) is 18.4 Å². The summed E-state index contributed by atoms with van der Waals surface area (Å²) < 4.78 is 4.99. The highest BCUT2D eigenvalue weighted by Gasteiger charge is 2.20. The van der Waals surface area contributed by atoms with Crippen LogP contribution in [-0.4, -0.2) is 25.9 Å². The maximum Gasteiger partial charge on any atom is 0.334 e. The van der Waals surface area contributed by atoms with E-state index in [1.165, 1.54) is 6.08 Å². The van der Waals surface area contributed by atoms with Gasteiger partial charge in [-0.2, -0.15) is 0 Å². The van der Waals surface area contributed by atoms with Crippen molar-refractivity contribution >= 4 is 19.8 Å². The fraction of sp³-hybridized carbons (Fsp3) is 0.467. The molecule has 0 amide bonds. The van der Waals surface area contributed by atoms with Crippen molar-refractivity contribution in [1.29, 1.82) is 0 Å². The van der Waals surface area contributed by atoms with Crippen molar-refractivity contribution in [1.82, 2.24) is 0 Å². The molecular formula is C15H20O3Si. The topological polar surface area (TPSA) is 43.4 Å². The molecule has 0 fully saturated rings. The summed E-state index contributed by atoms with van der Waals surface area (Å²) in [4.78, 5) is 22.8. The predicted octanol–water partition coefficient (Wildman–Crippen LogP) is 2.64. The van der Waals surface area contributed by atoms with Crippen LogP contribution in [0, 0.1) is 11.5 Å². The van der Waals surface area contributed by atoms with Crippen molar-refractivity contribution in [2.75, 3.05) is 0 Å². The number of rotatable bonds is 4. The molecular weight excluding hydrogens is 256 g/mol. The molecule has 0 aromatic rings. The van der Waals surface area contributed by atoms with Crippen LogP contribution in [0.15, 0.2) is 23.8 Å². The van der Waals surface area contributed by atoms with Crippen molar-refractivity contribution in [3.63, 3.8) is 0 Å². The molecule has 19 heavy (non-hydrogen) atoms. The van der Waals surface area contributed by atoms with Crippen molar-refractivity contribution in [2.45, 2.75) is 45.5 Å². The third kappa shape index (κ3) is 6.21. The van der Waals surface area contributed by atoms with E-state index in [1.807, 2.05) is 13.0 Å². The molecule has 1 aliphatic rings. The van der Waals surface area contributed by atoms with Crippen LogP contribution >= 0.6 is 0 Å². The lowest BCUT2D eigenvalue weighted by Crippen LogP contribution is -2.16. The standard InChI is InChI=1S/C15H20O3Si/c1-12-11-13(15(17)18-12)7-5-6-8-14(16)9-10-19(2,3)4/h6,8,11-12H,5,7H2,1-4H3/b8-6+/t12-/m1/s1. The molecule has 102 valence electrons. The Morgan fingerprint density at radius 3 is 2.68 bits per heavy atom. The number of carbonyl (C=O) groups is 2. The number of esters is 1. The van der Waals surface area contributed by atoms with Crippen LogP contribution in [0.4, 0.5) is 0 Å². The second-order valence-corrected chi connectivity index (χ2v) is 10.4. The first-order chi connectivity index (χ1) is 8.78. The Balaban J connectivity index is 2.39. The van der Waals surface area contributed by atoms with Gasteiger partial charge in [-0.25, -0.2) is 4.79 Å². The molecule has 3 nitrogen and oxygen atoms in total. The van der Waals surface area contributed by atoms with E-state index in [1.54, 1.807) is 6.08 Å². The van der Waals surface area contributed by atoms with Gasteiger partial charge in [-0.05, 0) is 37.8 Å². The van der Waals surface area contributed by atoms with Crippen molar-refractivity contribution in [3.8, 4) is 11.5 Å². The Morgan fingerprint density at radius 2 is 2.16 bits per heavy atom. The summed E-state index contributed by atoms with van der Waals surface area (Å²) in [6.07, 6.45) is 6.19. The Bertz CT molecular complexity index is 484. The molecule has 0 radical (unpaired) electrons. The summed E-state index contributed by atoms with van der Waals surface area (Å²) in [5.41, 5.74) is 3.71. The summed E-state index contributed by atoms with van der Waals surface area (Å²) >= 11 is 0. The van der Waals surface area contributed by atoms with E-state index in [9.17, 15) is 9.59 Å². The minimum atomic E-state index is -1.49. The molecule has 1 rings (SSSR count). The van der Waals surface area contributed by atoms with Crippen molar-refractivity contribution < 1.29 is 14.3 Å². The number of ether oxygens (including phenoxy) is 1. The van der Waals surface area contributed by atoms with Gasteiger partial charge in [0.05, 0.1) is 0 Å². The summed E-state index contributed by atoms with van der Waals surface area (Å²) in [7, 11) is -1.49. The van der Waals surface area contributed by atoms with E-state index in [-0.39, 0.29) is 17.9 Å². The van der Waals surface area contributed by atoms with Gasteiger partial charge < -0.3 is 4.74 Å². The third-order valence-corrected chi connectivity index (χ3v) is 3.28. The molecule has 0 bridgehead atoms. The summed E-state index contributed by atoms with van der Waals surface area (Å²) in [6, 6.07) is 0. The molecule has 0 saturated carbocycles. The minimum absolute atomic E-state index is 0.129. The van der Waals surface area contributed by atoms with Gasteiger partial charge in [0.1, 0.15) is 14.2 Å². The van der Waals surface area contributed by atoms with E-state index in [2.05, 4.69) is 31.1 Å². The molecule has 0 unspecified atom stereocenters. The largest absolute Gasteiger partial charge is 0.455 e. The monoisotopic (exact) mass is 276 g/mol. The van der Waals surface area contributed by atoms with Crippen LogP contribution < -0.4 is 0 Å².